The first kappa shape index (κ1) is 15.2. The van der Waals surface area contributed by atoms with Crippen LogP contribution in [0.5, 0.6) is 0 Å². The largest absolute Gasteiger partial charge is 0.290 e. The molecule has 2 heteroatoms. The average molecular weight is 274 g/mol. The molecule has 0 heterocycles. The minimum atomic E-state index is -0.0445. The third kappa shape index (κ3) is 5.07. The van der Waals surface area contributed by atoms with E-state index in [4.69, 9.17) is 0 Å². The van der Waals surface area contributed by atoms with E-state index in [1.165, 1.54) is 76.0 Å². The molecule has 2 aliphatic rings. The van der Waals surface area contributed by atoms with E-state index in [2.05, 4.69) is 0 Å². The smallest absolute Gasteiger partial charge is 0.182 e. The van der Waals surface area contributed by atoms with Crippen molar-refractivity contribution < 1.29 is 9.59 Å². The first-order valence-corrected chi connectivity index (χ1v) is 8.22. The van der Waals surface area contributed by atoms with Gasteiger partial charge in [0.15, 0.2) is 11.6 Å². The quantitative estimate of drug-likeness (QED) is 0.504. The summed E-state index contributed by atoms with van der Waals surface area (Å²) < 4.78 is 0. The van der Waals surface area contributed by atoms with Gasteiger partial charge in [-0.2, -0.15) is 0 Å². The van der Waals surface area contributed by atoms with Crippen LogP contribution in [0, 0.1) is 5.92 Å². The van der Waals surface area contributed by atoms with Crippen molar-refractivity contribution >= 4 is 11.6 Å². The second kappa shape index (κ2) is 8.18. The summed E-state index contributed by atoms with van der Waals surface area (Å²) in [5.74, 6) is 0.956. The molecule has 0 bridgehead atoms. The Morgan fingerprint density at radius 1 is 0.900 bits per heavy atom. The van der Waals surface area contributed by atoms with Crippen molar-refractivity contribution in [3.05, 3.63) is 23.8 Å². The van der Waals surface area contributed by atoms with Gasteiger partial charge in [-0.1, -0.05) is 57.8 Å². The minimum absolute atomic E-state index is 0.0202. The van der Waals surface area contributed by atoms with Crippen LogP contribution in [0.25, 0.3) is 0 Å². The van der Waals surface area contributed by atoms with Crippen LogP contribution in [0.2, 0.25) is 0 Å². The van der Waals surface area contributed by atoms with Gasteiger partial charge in [0.25, 0.3) is 0 Å². The highest BCUT2D eigenvalue weighted by atomic mass is 16.1. The number of carbonyl (C=O) groups is 2. The predicted octanol–water partition coefficient (Wildman–Crippen LogP) is 4.54. The normalized spacial score (nSPS) is 20.3. The Balaban J connectivity index is 1.53. The molecule has 0 aromatic carbocycles. The number of unbranched alkanes of at least 4 members (excludes halogenated alkanes) is 3. The lowest BCUT2D eigenvalue weighted by molar-refractivity contribution is -0.114. The van der Waals surface area contributed by atoms with Gasteiger partial charge in [0.2, 0.25) is 0 Å². The van der Waals surface area contributed by atoms with E-state index >= 15 is 0 Å². The van der Waals surface area contributed by atoms with Crippen LogP contribution in [-0.4, -0.2) is 11.6 Å². The molecule has 2 rings (SSSR count). The van der Waals surface area contributed by atoms with Crippen molar-refractivity contribution in [2.45, 2.75) is 70.6 Å². The fourth-order valence-electron chi connectivity index (χ4n) is 3.33. The highest BCUT2D eigenvalue weighted by molar-refractivity contribution is 6.17. The minimum Gasteiger partial charge on any atom is -0.290 e. The summed E-state index contributed by atoms with van der Waals surface area (Å²) in [7, 11) is 0. The molecule has 0 atom stereocenters. The maximum Gasteiger partial charge on any atom is 0.182 e. The Morgan fingerprint density at radius 3 is 2.45 bits per heavy atom. The van der Waals surface area contributed by atoms with Crippen LogP contribution < -0.4 is 0 Å². The van der Waals surface area contributed by atoms with Gasteiger partial charge in [-0.25, -0.2) is 0 Å². The number of ketones is 2. The summed E-state index contributed by atoms with van der Waals surface area (Å²) in [5.41, 5.74) is 0.699. The third-order valence-electron chi connectivity index (χ3n) is 4.57. The molecular formula is C18H26O2. The molecule has 2 aliphatic carbocycles. The monoisotopic (exact) mass is 274 g/mol. The van der Waals surface area contributed by atoms with Crippen LogP contribution in [0.4, 0.5) is 0 Å². The maximum atomic E-state index is 11.6. The van der Waals surface area contributed by atoms with Crippen molar-refractivity contribution in [2.24, 2.45) is 5.92 Å². The number of hydrogen-bond donors (Lipinski definition) is 0. The van der Waals surface area contributed by atoms with Gasteiger partial charge in [-0.05, 0) is 37.0 Å². The molecule has 0 spiro atoms. The fraction of sp³-hybridized carbons (Fsp3) is 0.667. The fourth-order valence-corrected chi connectivity index (χ4v) is 3.33. The Hall–Kier alpha value is -1.18. The molecule has 0 amide bonds. The van der Waals surface area contributed by atoms with E-state index in [9.17, 15) is 9.59 Å². The molecule has 0 radical (unpaired) electrons. The zero-order valence-corrected chi connectivity index (χ0v) is 12.4. The molecule has 20 heavy (non-hydrogen) atoms. The van der Waals surface area contributed by atoms with Gasteiger partial charge in [0, 0.05) is 5.57 Å². The second-order valence-corrected chi connectivity index (χ2v) is 6.23. The van der Waals surface area contributed by atoms with Gasteiger partial charge in [0.05, 0.1) is 0 Å². The lowest BCUT2D eigenvalue weighted by Gasteiger charge is -2.21. The van der Waals surface area contributed by atoms with Crippen molar-refractivity contribution in [3.63, 3.8) is 0 Å². The summed E-state index contributed by atoms with van der Waals surface area (Å²) in [5, 5.41) is 0. The maximum absolute atomic E-state index is 11.6. The van der Waals surface area contributed by atoms with E-state index in [-0.39, 0.29) is 11.6 Å². The second-order valence-electron chi connectivity index (χ2n) is 6.23. The zero-order valence-electron chi connectivity index (χ0n) is 12.4. The SMILES string of the molecule is O=C1C=CC(=O)C(CCCCCCC2CCCCC2)=C1. The van der Waals surface area contributed by atoms with Crippen LogP contribution in [-0.2, 0) is 9.59 Å². The molecule has 110 valence electrons. The molecule has 0 aromatic heterocycles. The van der Waals surface area contributed by atoms with Gasteiger partial charge in [0.1, 0.15) is 0 Å². The first-order valence-electron chi connectivity index (χ1n) is 8.22. The van der Waals surface area contributed by atoms with E-state index < -0.39 is 0 Å². The van der Waals surface area contributed by atoms with E-state index in [1.54, 1.807) is 0 Å². The van der Waals surface area contributed by atoms with Crippen molar-refractivity contribution in [1.82, 2.24) is 0 Å². The summed E-state index contributed by atoms with van der Waals surface area (Å²) >= 11 is 0. The van der Waals surface area contributed by atoms with Crippen molar-refractivity contribution in [3.8, 4) is 0 Å². The molecule has 0 aromatic rings. The van der Waals surface area contributed by atoms with Crippen molar-refractivity contribution in [2.75, 3.05) is 0 Å². The zero-order chi connectivity index (χ0) is 14.2. The summed E-state index contributed by atoms with van der Waals surface area (Å²) in [6.07, 6.45) is 18.4. The Bertz CT molecular complexity index is 398. The topological polar surface area (TPSA) is 34.1 Å². The van der Waals surface area contributed by atoms with E-state index in [0.29, 0.717) is 5.57 Å². The molecule has 0 aliphatic heterocycles. The van der Waals surface area contributed by atoms with Gasteiger partial charge >= 0.3 is 0 Å². The lowest BCUT2D eigenvalue weighted by atomic mass is 9.85. The number of hydrogen-bond acceptors (Lipinski definition) is 2. The van der Waals surface area contributed by atoms with Crippen molar-refractivity contribution in [1.29, 1.82) is 0 Å². The van der Waals surface area contributed by atoms with Crippen LogP contribution in [0.1, 0.15) is 70.6 Å². The summed E-state index contributed by atoms with van der Waals surface area (Å²) in [6, 6.07) is 0. The number of allylic oxidation sites excluding steroid dienone is 4. The molecule has 0 unspecified atom stereocenters. The Morgan fingerprint density at radius 2 is 1.65 bits per heavy atom. The lowest BCUT2D eigenvalue weighted by Crippen LogP contribution is -2.07. The van der Waals surface area contributed by atoms with Crippen LogP contribution in [0.3, 0.4) is 0 Å². The predicted molar refractivity (Wildman–Crippen MR) is 81.5 cm³/mol. The Kier molecular flexibility index (Phi) is 6.23. The molecule has 2 nitrogen and oxygen atoms in total. The summed E-state index contributed by atoms with van der Waals surface area (Å²) in [4.78, 5) is 22.8. The first-order chi connectivity index (χ1) is 9.75. The molecule has 0 N–H and O–H groups in total. The molecular weight excluding hydrogens is 248 g/mol. The molecule has 1 saturated carbocycles. The van der Waals surface area contributed by atoms with Crippen LogP contribution >= 0.6 is 0 Å². The standard InChI is InChI=1S/C18H26O2/c19-17-12-13-18(20)16(14-17)11-7-2-1-4-8-15-9-5-3-6-10-15/h12-15H,1-11H2. The third-order valence-corrected chi connectivity index (χ3v) is 4.57. The van der Waals surface area contributed by atoms with E-state index in [0.717, 1.165) is 18.8 Å². The highest BCUT2D eigenvalue weighted by Crippen LogP contribution is 2.28. The van der Waals surface area contributed by atoms with Gasteiger partial charge in [-0.3, -0.25) is 9.59 Å². The average Bonchev–Trinajstić information content (AvgIpc) is 2.47. The molecule has 1 fully saturated rings. The summed E-state index contributed by atoms with van der Waals surface area (Å²) in [6.45, 7) is 0. The molecule has 0 saturated heterocycles. The highest BCUT2D eigenvalue weighted by Gasteiger charge is 2.13. The van der Waals surface area contributed by atoms with Crippen LogP contribution in [0.15, 0.2) is 23.8 Å². The van der Waals surface area contributed by atoms with Gasteiger partial charge < -0.3 is 0 Å². The number of carbonyl (C=O) groups excluding carboxylic acids is 2. The van der Waals surface area contributed by atoms with Gasteiger partial charge in [-0.15, -0.1) is 0 Å². The Labute approximate surface area is 122 Å². The van der Waals surface area contributed by atoms with E-state index in [1.807, 2.05) is 0 Å². The number of rotatable bonds is 7.